The van der Waals surface area contributed by atoms with E-state index >= 15 is 0 Å². The van der Waals surface area contributed by atoms with Crippen molar-refractivity contribution in [2.24, 2.45) is 5.41 Å². The van der Waals surface area contributed by atoms with E-state index in [0.717, 1.165) is 0 Å². The summed E-state index contributed by atoms with van der Waals surface area (Å²) >= 11 is 0. The molecule has 1 aliphatic heterocycles. The molecule has 1 fully saturated rings. The Morgan fingerprint density at radius 3 is 2.39 bits per heavy atom. The molecule has 0 saturated carbocycles. The molecule has 0 aliphatic carbocycles. The summed E-state index contributed by atoms with van der Waals surface area (Å²) in [6.07, 6.45) is 1.11. The van der Waals surface area contributed by atoms with Gasteiger partial charge in [-0.3, -0.25) is 4.79 Å². The number of nitrogens with zero attached hydrogens (tertiary/aromatic N) is 2. The second kappa shape index (κ2) is 5.54. The molecule has 0 bridgehead atoms. The molecule has 1 atom stereocenters. The van der Waals surface area contributed by atoms with Crippen LogP contribution in [0.2, 0.25) is 0 Å². The maximum absolute atomic E-state index is 12.3. The molecule has 106 valence electrons. The van der Waals surface area contributed by atoms with Crippen LogP contribution in [0.4, 0.5) is 0 Å². The lowest BCUT2D eigenvalue weighted by atomic mass is 9.83. The van der Waals surface area contributed by atoms with Crippen LogP contribution in [0.1, 0.15) is 33.6 Å². The van der Waals surface area contributed by atoms with Gasteiger partial charge in [0.1, 0.15) is 0 Å². The molecule has 1 rings (SSSR count). The van der Waals surface area contributed by atoms with E-state index in [0.29, 0.717) is 32.5 Å². The van der Waals surface area contributed by atoms with Crippen LogP contribution in [0.5, 0.6) is 0 Å². The first kappa shape index (κ1) is 15.4. The Labute approximate surface area is 109 Å². The highest BCUT2D eigenvalue weighted by atomic mass is 32.2. The summed E-state index contributed by atoms with van der Waals surface area (Å²) in [6, 6.07) is 0. The fourth-order valence-electron chi connectivity index (χ4n) is 2.28. The Kier molecular flexibility index (Phi) is 4.74. The monoisotopic (exact) mass is 278 g/mol. The van der Waals surface area contributed by atoms with Crippen LogP contribution in [-0.4, -0.2) is 54.3 Å². The van der Waals surface area contributed by atoms with Crippen molar-refractivity contribution in [2.75, 3.05) is 26.2 Å². The maximum atomic E-state index is 12.3. The van der Waals surface area contributed by atoms with E-state index in [1.54, 1.807) is 20.8 Å². The van der Waals surface area contributed by atoms with Crippen LogP contribution in [0.15, 0.2) is 0 Å². The first-order valence-electron chi connectivity index (χ1n) is 6.26. The minimum absolute atomic E-state index is 0.0567. The molecular formula is C11H22N2O4S. The standard InChI is InChI=1S/C11H22N2O4S/c1-4-12(5-2)18(16,17)13-8-6-7-11(3,9-13)10(14)15/h4-9H2,1-3H3,(H,14,15). The molecule has 0 radical (unpaired) electrons. The summed E-state index contributed by atoms with van der Waals surface area (Å²) in [5, 5.41) is 9.20. The van der Waals surface area contributed by atoms with E-state index in [1.165, 1.54) is 8.61 Å². The van der Waals surface area contributed by atoms with Gasteiger partial charge in [0.2, 0.25) is 0 Å². The van der Waals surface area contributed by atoms with Gasteiger partial charge in [0.25, 0.3) is 10.2 Å². The van der Waals surface area contributed by atoms with Gasteiger partial charge < -0.3 is 5.11 Å². The third-order valence-electron chi connectivity index (χ3n) is 3.54. The highest BCUT2D eigenvalue weighted by Crippen LogP contribution is 2.31. The second-order valence-corrected chi connectivity index (χ2v) is 6.82. The predicted molar refractivity (Wildman–Crippen MR) is 68.4 cm³/mol. The lowest BCUT2D eigenvalue weighted by Crippen LogP contribution is -2.52. The van der Waals surface area contributed by atoms with Crippen molar-refractivity contribution in [2.45, 2.75) is 33.6 Å². The normalized spacial score (nSPS) is 26.4. The van der Waals surface area contributed by atoms with E-state index in [2.05, 4.69) is 0 Å². The lowest BCUT2D eigenvalue weighted by Gasteiger charge is -2.38. The molecule has 0 aromatic rings. The number of carboxylic acid groups (broad SMARTS) is 1. The van der Waals surface area contributed by atoms with Crippen molar-refractivity contribution in [3.05, 3.63) is 0 Å². The molecule has 6 nitrogen and oxygen atoms in total. The number of aliphatic carboxylic acids is 1. The summed E-state index contributed by atoms with van der Waals surface area (Å²) in [7, 11) is -3.53. The summed E-state index contributed by atoms with van der Waals surface area (Å²) in [5.41, 5.74) is -0.974. The van der Waals surface area contributed by atoms with Gasteiger partial charge in [-0.15, -0.1) is 0 Å². The Balaban J connectivity index is 2.94. The van der Waals surface area contributed by atoms with Gasteiger partial charge in [-0.25, -0.2) is 0 Å². The molecule has 0 amide bonds. The molecular weight excluding hydrogens is 256 g/mol. The smallest absolute Gasteiger partial charge is 0.310 e. The molecule has 1 heterocycles. The van der Waals surface area contributed by atoms with E-state index in [1.807, 2.05) is 0 Å². The average molecular weight is 278 g/mol. The zero-order valence-corrected chi connectivity index (χ0v) is 12.0. The van der Waals surface area contributed by atoms with E-state index < -0.39 is 21.6 Å². The number of hydrogen-bond donors (Lipinski definition) is 1. The first-order chi connectivity index (χ1) is 8.28. The molecule has 0 aromatic carbocycles. The van der Waals surface area contributed by atoms with Gasteiger partial charge in [0.05, 0.1) is 5.41 Å². The lowest BCUT2D eigenvalue weighted by molar-refractivity contribution is -0.150. The van der Waals surface area contributed by atoms with Crippen LogP contribution in [0.25, 0.3) is 0 Å². The highest BCUT2D eigenvalue weighted by molar-refractivity contribution is 7.86. The van der Waals surface area contributed by atoms with E-state index in [9.17, 15) is 18.3 Å². The fourth-order valence-corrected chi connectivity index (χ4v) is 4.06. The summed E-state index contributed by atoms with van der Waals surface area (Å²) in [5.74, 6) is -0.929. The molecule has 1 N–H and O–H groups in total. The van der Waals surface area contributed by atoms with Gasteiger partial charge in [0.15, 0.2) is 0 Å². The maximum Gasteiger partial charge on any atom is 0.310 e. The van der Waals surface area contributed by atoms with E-state index in [4.69, 9.17) is 0 Å². The van der Waals surface area contributed by atoms with Crippen LogP contribution in [-0.2, 0) is 15.0 Å². The fraction of sp³-hybridized carbons (Fsp3) is 0.909. The number of carbonyl (C=O) groups is 1. The van der Waals surface area contributed by atoms with Gasteiger partial charge in [-0.2, -0.15) is 17.0 Å². The molecule has 1 aliphatic rings. The van der Waals surface area contributed by atoms with Crippen LogP contribution < -0.4 is 0 Å². The van der Waals surface area contributed by atoms with Crippen LogP contribution in [0, 0.1) is 5.41 Å². The molecule has 18 heavy (non-hydrogen) atoms. The quantitative estimate of drug-likeness (QED) is 0.805. The predicted octanol–water partition coefficient (Wildman–Crippen LogP) is 0.760. The zero-order valence-electron chi connectivity index (χ0n) is 11.2. The molecule has 0 aromatic heterocycles. The number of carboxylic acids is 1. The largest absolute Gasteiger partial charge is 0.481 e. The summed E-state index contributed by atoms with van der Waals surface area (Å²) in [6.45, 7) is 6.43. The Morgan fingerprint density at radius 2 is 1.94 bits per heavy atom. The molecule has 0 spiro atoms. The Hall–Kier alpha value is -0.660. The van der Waals surface area contributed by atoms with Crippen molar-refractivity contribution in [3.8, 4) is 0 Å². The zero-order chi connectivity index (χ0) is 14.0. The Morgan fingerprint density at radius 1 is 1.39 bits per heavy atom. The summed E-state index contributed by atoms with van der Waals surface area (Å²) in [4.78, 5) is 11.2. The third-order valence-corrected chi connectivity index (χ3v) is 5.67. The van der Waals surface area contributed by atoms with Crippen molar-refractivity contribution < 1.29 is 18.3 Å². The minimum atomic E-state index is -3.53. The molecule has 1 unspecified atom stereocenters. The number of piperidine rings is 1. The summed E-state index contributed by atoms with van der Waals surface area (Å²) < 4.78 is 27.3. The van der Waals surface area contributed by atoms with Crippen LogP contribution in [0.3, 0.4) is 0 Å². The topological polar surface area (TPSA) is 77.9 Å². The second-order valence-electron chi connectivity index (χ2n) is 4.89. The van der Waals surface area contributed by atoms with Gasteiger partial charge in [-0.1, -0.05) is 13.8 Å². The van der Waals surface area contributed by atoms with Crippen molar-refractivity contribution in [3.63, 3.8) is 0 Å². The molecule has 1 saturated heterocycles. The van der Waals surface area contributed by atoms with Crippen molar-refractivity contribution in [1.82, 2.24) is 8.61 Å². The van der Waals surface area contributed by atoms with Gasteiger partial charge in [-0.05, 0) is 19.8 Å². The van der Waals surface area contributed by atoms with Gasteiger partial charge in [0, 0.05) is 26.2 Å². The van der Waals surface area contributed by atoms with E-state index in [-0.39, 0.29) is 6.54 Å². The third kappa shape index (κ3) is 2.84. The van der Waals surface area contributed by atoms with Gasteiger partial charge >= 0.3 is 5.97 Å². The minimum Gasteiger partial charge on any atom is -0.481 e. The average Bonchev–Trinajstić information content (AvgIpc) is 2.30. The van der Waals surface area contributed by atoms with Crippen molar-refractivity contribution in [1.29, 1.82) is 0 Å². The first-order valence-corrected chi connectivity index (χ1v) is 7.66. The highest BCUT2D eigenvalue weighted by Gasteiger charge is 2.42. The SMILES string of the molecule is CCN(CC)S(=O)(=O)N1CCCC(C)(C(=O)O)C1. The van der Waals surface area contributed by atoms with Crippen molar-refractivity contribution >= 4 is 16.2 Å². The number of hydrogen-bond acceptors (Lipinski definition) is 3. The Bertz CT molecular complexity index is 405. The molecule has 7 heteroatoms. The number of rotatable bonds is 5. The van der Waals surface area contributed by atoms with Crippen LogP contribution >= 0.6 is 0 Å².